The zero-order valence-corrected chi connectivity index (χ0v) is 7.36. The van der Waals surface area contributed by atoms with Crippen LogP contribution in [0.15, 0.2) is 23.3 Å². The molecule has 0 heterocycles. The minimum atomic E-state index is 0.402. The van der Waals surface area contributed by atoms with Gasteiger partial charge < -0.3 is 0 Å². The highest BCUT2D eigenvalue weighted by atomic mass is 14.3. The lowest BCUT2D eigenvalue weighted by Crippen LogP contribution is -2.15. The maximum atomic E-state index is 2.30. The molecule has 0 aliphatic heterocycles. The second kappa shape index (κ2) is 2.26. The van der Waals surface area contributed by atoms with Crippen LogP contribution in [0, 0.1) is 5.41 Å². The molecule has 1 rings (SSSR count). The van der Waals surface area contributed by atoms with Gasteiger partial charge in [0.25, 0.3) is 0 Å². The standard InChI is InChI=1S/C10H16/c1-8-6-5-7-10(3,4)9(8)2/h5-6H,7H2,1-4H3. The van der Waals surface area contributed by atoms with E-state index in [0.717, 1.165) is 0 Å². The van der Waals surface area contributed by atoms with Crippen LogP contribution in [-0.4, -0.2) is 0 Å². The van der Waals surface area contributed by atoms with Crippen molar-refractivity contribution < 1.29 is 0 Å². The van der Waals surface area contributed by atoms with Crippen LogP contribution in [0.3, 0.4) is 0 Å². The number of hydrogen-bond acceptors (Lipinski definition) is 0. The summed E-state index contributed by atoms with van der Waals surface area (Å²) in [5.74, 6) is 0. The van der Waals surface area contributed by atoms with E-state index in [0.29, 0.717) is 5.41 Å². The monoisotopic (exact) mass is 136 g/mol. The molecule has 0 bridgehead atoms. The van der Waals surface area contributed by atoms with Gasteiger partial charge in [-0.1, -0.05) is 37.1 Å². The van der Waals surface area contributed by atoms with Crippen molar-refractivity contribution in [3.63, 3.8) is 0 Å². The van der Waals surface area contributed by atoms with Gasteiger partial charge >= 0.3 is 0 Å². The van der Waals surface area contributed by atoms with Gasteiger partial charge in [-0.3, -0.25) is 0 Å². The van der Waals surface area contributed by atoms with Crippen LogP contribution in [0.4, 0.5) is 0 Å². The molecule has 0 aromatic heterocycles. The first-order valence-electron chi connectivity index (χ1n) is 3.88. The van der Waals surface area contributed by atoms with Crippen molar-refractivity contribution in [3.05, 3.63) is 23.3 Å². The number of allylic oxidation sites excluding steroid dienone is 4. The van der Waals surface area contributed by atoms with Crippen LogP contribution in [0.25, 0.3) is 0 Å². The van der Waals surface area contributed by atoms with Crippen molar-refractivity contribution in [2.24, 2.45) is 5.41 Å². The molecule has 0 radical (unpaired) electrons. The van der Waals surface area contributed by atoms with Crippen LogP contribution < -0.4 is 0 Å². The second-order valence-electron chi connectivity index (χ2n) is 3.80. The fourth-order valence-corrected chi connectivity index (χ4v) is 1.34. The zero-order valence-electron chi connectivity index (χ0n) is 7.36. The summed E-state index contributed by atoms with van der Waals surface area (Å²) in [5, 5.41) is 0. The lowest BCUT2D eigenvalue weighted by molar-refractivity contribution is 0.444. The summed E-state index contributed by atoms with van der Waals surface area (Å²) in [7, 11) is 0. The topological polar surface area (TPSA) is 0 Å². The summed E-state index contributed by atoms with van der Waals surface area (Å²) in [6, 6.07) is 0. The highest BCUT2D eigenvalue weighted by Crippen LogP contribution is 2.35. The van der Waals surface area contributed by atoms with Gasteiger partial charge in [-0.2, -0.15) is 0 Å². The zero-order chi connectivity index (χ0) is 7.78. The van der Waals surface area contributed by atoms with Crippen molar-refractivity contribution in [1.29, 1.82) is 0 Å². The van der Waals surface area contributed by atoms with Gasteiger partial charge in [0.05, 0.1) is 0 Å². The largest absolute Gasteiger partial charge is 0.0834 e. The van der Waals surface area contributed by atoms with Crippen LogP contribution in [-0.2, 0) is 0 Å². The first-order chi connectivity index (χ1) is 4.54. The first-order valence-corrected chi connectivity index (χ1v) is 3.88. The smallest absolute Gasteiger partial charge is 0.0107 e. The van der Waals surface area contributed by atoms with Crippen molar-refractivity contribution in [1.82, 2.24) is 0 Å². The molecule has 0 heteroatoms. The quantitative estimate of drug-likeness (QED) is 0.479. The van der Waals surface area contributed by atoms with Crippen LogP contribution >= 0.6 is 0 Å². The summed E-state index contributed by atoms with van der Waals surface area (Å²) >= 11 is 0. The molecule has 0 spiro atoms. The summed E-state index contributed by atoms with van der Waals surface area (Å²) in [4.78, 5) is 0. The molecular formula is C10H16. The molecule has 0 nitrogen and oxygen atoms in total. The fourth-order valence-electron chi connectivity index (χ4n) is 1.34. The Morgan fingerprint density at radius 3 is 2.30 bits per heavy atom. The fraction of sp³-hybridized carbons (Fsp3) is 0.600. The predicted octanol–water partition coefficient (Wildman–Crippen LogP) is 3.31. The summed E-state index contributed by atoms with van der Waals surface area (Å²) in [6.45, 7) is 9.02. The minimum Gasteiger partial charge on any atom is -0.0834 e. The van der Waals surface area contributed by atoms with Gasteiger partial charge in [-0.25, -0.2) is 0 Å². The molecule has 0 saturated heterocycles. The maximum absolute atomic E-state index is 2.30. The van der Waals surface area contributed by atoms with Gasteiger partial charge in [0, 0.05) is 0 Å². The molecule has 1 aliphatic rings. The molecule has 0 unspecified atom stereocenters. The van der Waals surface area contributed by atoms with E-state index in [-0.39, 0.29) is 0 Å². The van der Waals surface area contributed by atoms with Gasteiger partial charge in [0.1, 0.15) is 0 Å². The van der Waals surface area contributed by atoms with Gasteiger partial charge in [0.2, 0.25) is 0 Å². The van der Waals surface area contributed by atoms with E-state index in [1.807, 2.05) is 0 Å². The molecule has 1 aliphatic carbocycles. The maximum Gasteiger partial charge on any atom is -0.0107 e. The molecule has 0 amide bonds. The Labute approximate surface area is 63.6 Å². The summed E-state index contributed by atoms with van der Waals surface area (Å²) in [6.07, 6.45) is 5.68. The molecule has 56 valence electrons. The van der Waals surface area contributed by atoms with E-state index in [9.17, 15) is 0 Å². The number of rotatable bonds is 0. The highest BCUT2D eigenvalue weighted by Gasteiger charge is 2.21. The lowest BCUT2D eigenvalue weighted by atomic mass is 9.77. The average molecular weight is 136 g/mol. The molecule has 0 fully saturated rings. The summed E-state index contributed by atoms with van der Waals surface area (Å²) in [5.41, 5.74) is 3.38. The average Bonchev–Trinajstić information content (AvgIpc) is 1.83. The minimum absolute atomic E-state index is 0.402. The van der Waals surface area contributed by atoms with Crippen molar-refractivity contribution >= 4 is 0 Å². The van der Waals surface area contributed by atoms with Gasteiger partial charge in [-0.05, 0) is 25.7 Å². The third-order valence-corrected chi connectivity index (χ3v) is 2.60. The molecular weight excluding hydrogens is 120 g/mol. The molecule has 10 heavy (non-hydrogen) atoms. The Kier molecular flexibility index (Phi) is 1.72. The van der Waals surface area contributed by atoms with Crippen molar-refractivity contribution in [2.45, 2.75) is 34.1 Å². The molecule has 0 saturated carbocycles. The normalized spacial score (nSPS) is 23.6. The Morgan fingerprint density at radius 1 is 1.30 bits per heavy atom. The third-order valence-electron chi connectivity index (χ3n) is 2.60. The van der Waals surface area contributed by atoms with E-state index in [1.165, 1.54) is 17.6 Å². The lowest BCUT2D eigenvalue weighted by Gasteiger charge is -2.28. The summed E-state index contributed by atoms with van der Waals surface area (Å²) < 4.78 is 0. The molecule has 0 atom stereocenters. The Morgan fingerprint density at radius 2 is 1.90 bits per heavy atom. The van der Waals surface area contributed by atoms with E-state index in [4.69, 9.17) is 0 Å². The van der Waals surface area contributed by atoms with Crippen LogP contribution in [0.5, 0.6) is 0 Å². The van der Waals surface area contributed by atoms with E-state index < -0.39 is 0 Å². The third kappa shape index (κ3) is 1.16. The van der Waals surface area contributed by atoms with Gasteiger partial charge in [0.15, 0.2) is 0 Å². The molecule has 0 aromatic carbocycles. The van der Waals surface area contributed by atoms with E-state index in [2.05, 4.69) is 39.8 Å². The van der Waals surface area contributed by atoms with Crippen LogP contribution in [0.1, 0.15) is 34.1 Å². The first kappa shape index (κ1) is 7.59. The molecule has 0 N–H and O–H groups in total. The van der Waals surface area contributed by atoms with Crippen molar-refractivity contribution in [3.8, 4) is 0 Å². The van der Waals surface area contributed by atoms with Crippen molar-refractivity contribution in [2.75, 3.05) is 0 Å². The Hall–Kier alpha value is -0.520. The van der Waals surface area contributed by atoms with E-state index in [1.54, 1.807) is 0 Å². The Balaban J connectivity index is 2.99. The SMILES string of the molecule is CC1=C(C)C(C)(C)CC=C1. The van der Waals surface area contributed by atoms with Gasteiger partial charge in [-0.15, -0.1) is 0 Å². The van der Waals surface area contributed by atoms with E-state index >= 15 is 0 Å². The van der Waals surface area contributed by atoms with Crippen LogP contribution in [0.2, 0.25) is 0 Å². The predicted molar refractivity (Wildman–Crippen MR) is 45.9 cm³/mol. The molecule has 0 aromatic rings. The Bertz CT molecular complexity index is 192. The number of hydrogen-bond donors (Lipinski definition) is 0. The highest BCUT2D eigenvalue weighted by molar-refractivity contribution is 5.31. The second-order valence-corrected chi connectivity index (χ2v) is 3.80.